The maximum Gasteiger partial charge on any atom is 0.00676 e. The number of piperidine rings is 1. The molecular weight excluding hydrogens is 172 g/mol. The third kappa shape index (κ3) is 2.29. The second kappa shape index (κ2) is 4.19. The molecule has 0 spiro atoms. The third-order valence-corrected chi connectivity index (χ3v) is 3.96. The van der Waals surface area contributed by atoms with Crippen molar-refractivity contribution in [3.63, 3.8) is 0 Å². The van der Waals surface area contributed by atoms with E-state index in [1.54, 1.807) is 0 Å². The van der Waals surface area contributed by atoms with Crippen LogP contribution in [0.1, 0.15) is 39.5 Å². The van der Waals surface area contributed by atoms with Crippen LogP contribution in [0.4, 0.5) is 0 Å². The summed E-state index contributed by atoms with van der Waals surface area (Å²) in [5.74, 6) is 0. The van der Waals surface area contributed by atoms with Gasteiger partial charge in [0.25, 0.3) is 0 Å². The van der Waals surface area contributed by atoms with E-state index in [-0.39, 0.29) is 0 Å². The van der Waals surface area contributed by atoms with E-state index < -0.39 is 0 Å². The van der Waals surface area contributed by atoms with Gasteiger partial charge in [0, 0.05) is 19.1 Å². The minimum absolute atomic E-state index is 0.539. The van der Waals surface area contributed by atoms with Crippen molar-refractivity contribution < 1.29 is 0 Å². The second-order valence-electron chi connectivity index (χ2n) is 5.55. The van der Waals surface area contributed by atoms with Crippen molar-refractivity contribution >= 4 is 0 Å². The molecule has 0 aromatic carbocycles. The van der Waals surface area contributed by atoms with Crippen molar-refractivity contribution in [2.24, 2.45) is 5.41 Å². The topological polar surface area (TPSA) is 15.3 Å². The summed E-state index contributed by atoms with van der Waals surface area (Å²) >= 11 is 0. The summed E-state index contributed by atoms with van der Waals surface area (Å²) in [6.45, 7) is 9.91. The van der Waals surface area contributed by atoms with Crippen molar-refractivity contribution in [1.82, 2.24) is 10.2 Å². The lowest BCUT2D eigenvalue weighted by Gasteiger charge is -2.38. The van der Waals surface area contributed by atoms with Gasteiger partial charge in [-0.25, -0.2) is 0 Å². The molecule has 82 valence electrons. The summed E-state index contributed by atoms with van der Waals surface area (Å²) in [6.07, 6.45) is 5.58. The lowest BCUT2D eigenvalue weighted by atomic mass is 9.82. The van der Waals surface area contributed by atoms with Crippen LogP contribution in [0.25, 0.3) is 0 Å². The standard InChI is InChI=1S/C12H24N2/c1-11-5-3-8-14(11)10-12(2)6-4-7-13-9-12/h11,13H,3-10H2,1-2H3. The first-order valence-electron chi connectivity index (χ1n) is 6.14. The molecule has 14 heavy (non-hydrogen) atoms. The van der Waals surface area contributed by atoms with Crippen molar-refractivity contribution in [1.29, 1.82) is 0 Å². The fourth-order valence-corrected chi connectivity index (χ4v) is 2.97. The maximum atomic E-state index is 3.54. The molecule has 2 aliphatic rings. The van der Waals surface area contributed by atoms with Crippen LogP contribution in [-0.4, -0.2) is 37.1 Å². The largest absolute Gasteiger partial charge is 0.316 e. The van der Waals surface area contributed by atoms with Crippen LogP contribution in [0.5, 0.6) is 0 Å². The van der Waals surface area contributed by atoms with Gasteiger partial charge in [-0.3, -0.25) is 0 Å². The van der Waals surface area contributed by atoms with Crippen molar-refractivity contribution in [3.05, 3.63) is 0 Å². The molecule has 0 aliphatic carbocycles. The second-order valence-corrected chi connectivity index (χ2v) is 5.55. The van der Waals surface area contributed by atoms with E-state index in [2.05, 4.69) is 24.1 Å². The van der Waals surface area contributed by atoms with Crippen LogP contribution in [0, 0.1) is 5.41 Å². The first-order valence-corrected chi connectivity index (χ1v) is 6.14. The molecule has 0 radical (unpaired) electrons. The fraction of sp³-hybridized carbons (Fsp3) is 1.00. The smallest absolute Gasteiger partial charge is 0.00676 e. The molecule has 2 rings (SSSR count). The highest BCUT2D eigenvalue weighted by Gasteiger charge is 2.32. The summed E-state index contributed by atoms with van der Waals surface area (Å²) in [6, 6.07) is 0.828. The van der Waals surface area contributed by atoms with Crippen LogP contribution in [-0.2, 0) is 0 Å². The number of rotatable bonds is 2. The SMILES string of the molecule is CC1CCCN1CC1(C)CCCNC1. The maximum absolute atomic E-state index is 3.54. The average Bonchev–Trinajstić information content (AvgIpc) is 2.52. The van der Waals surface area contributed by atoms with Gasteiger partial charge in [-0.15, -0.1) is 0 Å². The van der Waals surface area contributed by atoms with Crippen molar-refractivity contribution in [3.8, 4) is 0 Å². The highest BCUT2D eigenvalue weighted by Crippen LogP contribution is 2.29. The molecule has 0 aromatic rings. The Morgan fingerprint density at radius 2 is 2.29 bits per heavy atom. The molecule has 1 N–H and O–H groups in total. The van der Waals surface area contributed by atoms with Gasteiger partial charge >= 0.3 is 0 Å². The lowest BCUT2D eigenvalue weighted by molar-refractivity contribution is 0.129. The number of hydrogen-bond donors (Lipinski definition) is 1. The molecule has 0 aromatic heterocycles. The normalized spacial score (nSPS) is 40.3. The molecule has 0 amide bonds. The van der Waals surface area contributed by atoms with E-state index >= 15 is 0 Å². The summed E-state index contributed by atoms with van der Waals surface area (Å²) in [5.41, 5.74) is 0.539. The quantitative estimate of drug-likeness (QED) is 0.725. The molecule has 2 heteroatoms. The molecule has 0 bridgehead atoms. The highest BCUT2D eigenvalue weighted by molar-refractivity contribution is 4.87. The zero-order valence-corrected chi connectivity index (χ0v) is 9.68. The molecule has 0 saturated carbocycles. The molecule has 2 nitrogen and oxygen atoms in total. The Morgan fingerprint density at radius 3 is 2.86 bits per heavy atom. The number of nitrogens with zero attached hydrogens (tertiary/aromatic N) is 1. The van der Waals surface area contributed by atoms with Crippen molar-refractivity contribution in [2.45, 2.75) is 45.6 Å². The minimum Gasteiger partial charge on any atom is -0.316 e. The molecule has 2 heterocycles. The van der Waals surface area contributed by atoms with Crippen LogP contribution < -0.4 is 5.32 Å². The van der Waals surface area contributed by atoms with E-state index in [0.29, 0.717) is 5.41 Å². The lowest BCUT2D eigenvalue weighted by Crippen LogP contribution is -2.46. The highest BCUT2D eigenvalue weighted by atomic mass is 15.2. The average molecular weight is 196 g/mol. The summed E-state index contributed by atoms with van der Waals surface area (Å²) < 4.78 is 0. The van der Waals surface area contributed by atoms with E-state index in [1.165, 1.54) is 51.9 Å². The Hall–Kier alpha value is -0.0800. The predicted molar refractivity (Wildman–Crippen MR) is 60.5 cm³/mol. The first-order chi connectivity index (χ1) is 6.70. The van der Waals surface area contributed by atoms with Crippen LogP contribution in [0.3, 0.4) is 0 Å². The van der Waals surface area contributed by atoms with Gasteiger partial charge in [0.2, 0.25) is 0 Å². The monoisotopic (exact) mass is 196 g/mol. The van der Waals surface area contributed by atoms with Gasteiger partial charge in [0.1, 0.15) is 0 Å². The molecular formula is C12H24N2. The van der Waals surface area contributed by atoms with Gasteiger partial charge in [-0.05, 0) is 51.1 Å². The zero-order chi connectivity index (χ0) is 10.0. The van der Waals surface area contributed by atoms with Crippen LogP contribution >= 0.6 is 0 Å². The molecule has 2 saturated heterocycles. The van der Waals surface area contributed by atoms with E-state index in [4.69, 9.17) is 0 Å². The Morgan fingerprint density at radius 1 is 1.43 bits per heavy atom. The predicted octanol–water partition coefficient (Wildman–Crippen LogP) is 1.86. The van der Waals surface area contributed by atoms with Crippen LogP contribution in [0.15, 0.2) is 0 Å². The summed E-state index contributed by atoms with van der Waals surface area (Å²) in [4.78, 5) is 2.69. The number of nitrogens with one attached hydrogen (secondary N) is 1. The van der Waals surface area contributed by atoms with Gasteiger partial charge in [-0.1, -0.05) is 6.92 Å². The zero-order valence-electron chi connectivity index (χ0n) is 9.68. The minimum atomic E-state index is 0.539. The summed E-state index contributed by atoms with van der Waals surface area (Å²) in [5, 5.41) is 3.54. The number of likely N-dealkylation sites (tertiary alicyclic amines) is 1. The summed E-state index contributed by atoms with van der Waals surface area (Å²) in [7, 11) is 0. The van der Waals surface area contributed by atoms with Crippen molar-refractivity contribution in [2.75, 3.05) is 26.2 Å². The molecule has 2 fully saturated rings. The molecule has 2 atom stereocenters. The Bertz CT molecular complexity index is 185. The first kappa shape index (κ1) is 10.4. The number of hydrogen-bond acceptors (Lipinski definition) is 2. The molecule has 2 unspecified atom stereocenters. The van der Waals surface area contributed by atoms with Gasteiger partial charge in [0.05, 0.1) is 0 Å². The van der Waals surface area contributed by atoms with E-state index in [9.17, 15) is 0 Å². The Balaban J connectivity index is 1.88. The fourth-order valence-electron chi connectivity index (χ4n) is 2.97. The molecule has 2 aliphatic heterocycles. The Kier molecular flexibility index (Phi) is 3.13. The van der Waals surface area contributed by atoms with E-state index in [0.717, 1.165) is 6.04 Å². The van der Waals surface area contributed by atoms with Gasteiger partial charge < -0.3 is 10.2 Å². The van der Waals surface area contributed by atoms with Gasteiger partial charge in [0.15, 0.2) is 0 Å². The van der Waals surface area contributed by atoms with Gasteiger partial charge in [-0.2, -0.15) is 0 Å². The third-order valence-electron chi connectivity index (χ3n) is 3.96. The Labute approximate surface area is 88.1 Å². The van der Waals surface area contributed by atoms with E-state index in [1.807, 2.05) is 0 Å². The van der Waals surface area contributed by atoms with Crippen LogP contribution in [0.2, 0.25) is 0 Å².